The lowest BCUT2D eigenvalue weighted by atomic mass is 10.0. The number of aliphatic hydroxyl groups excluding tert-OH is 1. The minimum Gasteiger partial charge on any atom is -0.462 e. The van der Waals surface area contributed by atoms with Gasteiger partial charge in [0.2, 0.25) is 0 Å². The summed E-state index contributed by atoms with van der Waals surface area (Å²) in [6.07, 6.45) is 59.4. The minimum atomic E-state index is -0.805. The van der Waals surface area contributed by atoms with Gasteiger partial charge in [-0.15, -0.1) is 0 Å². The normalized spacial score (nSPS) is 13.0. The van der Waals surface area contributed by atoms with Crippen molar-refractivity contribution in [3.05, 3.63) is 85.1 Å². The van der Waals surface area contributed by atoms with Crippen LogP contribution in [0.5, 0.6) is 0 Å². The van der Waals surface area contributed by atoms with Crippen LogP contribution in [0.2, 0.25) is 0 Å². The number of hydrogen-bond donors (Lipinski definition) is 1. The van der Waals surface area contributed by atoms with Gasteiger partial charge in [0.15, 0.2) is 6.10 Å². The standard InChI is InChI=1S/C48H80O5/c1-3-5-7-9-11-13-15-17-19-21-22-23-24-25-26-27-29-31-33-35-37-39-41-43-48(51)53-46(44-49)45-52-47(50)42-40-38-36-34-32-30-28-20-18-16-14-12-10-8-6-4-2/h5,7,11,13,17,19,22-23,25-26,29,31,35,37,46,49H,3-4,6,8-10,12,14-16,18,20-21,24,27-28,30,32-34,36,38-45H2,1-2H3/b7-5-,13-11-,19-17-,23-22-,26-25-,31-29-,37-35-. The molecular weight excluding hydrogens is 657 g/mol. The Morgan fingerprint density at radius 1 is 0.453 bits per heavy atom. The molecule has 0 heterocycles. The molecule has 0 aromatic rings. The van der Waals surface area contributed by atoms with Crippen LogP contribution in [0.3, 0.4) is 0 Å². The number of carbonyl (C=O) groups excluding carboxylic acids is 2. The molecule has 0 amide bonds. The van der Waals surface area contributed by atoms with E-state index in [1.54, 1.807) is 0 Å². The van der Waals surface area contributed by atoms with Crippen LogP contribution < -0.4 is 0 Å². The number of aliphatic hydroxyl groups is 1. The molecule has 0 radical (unpaired) electrons. The van der Waals surface area contributed by atoms with E-state index >= 15 is 0 Å². The van der Waals surface area contributed by atoms with Crippen LogP contribution >= 0.6 is 0 Å². The molecule has 0 aromatic carbocycles. The minimum absolute atomic E-state index is 0.0915. The van der Waals surface area contributed by atoms with Gasteiger partial charge in [0, 0.05) is 12.8 Å². The van der Waals surface area contributed by atoms with Crippen LogP contribution in [0.25, 0.3) is 0 Å². The zero-order valence-electron chi connectivity index (χ0n) is 34.2. The number of ether oxygens (including phenoxy) is 2. The lowest BCUT2D eigenvalue weighted by molar-refractivity contribution is -0.161. The summed E-state index contributed by atoms with van der Waals surface area (Å²) in [7, 11) is 0. The molecule has 0 aliphatic carbocycles. The first-order chi connectivity index (χ1) is 26.1. The van der Waals surface area contributed by atoms with Crippen molar-refractivity contribution >= 4 is 11.9 Å². The molecule has 0 rings (SSSR count). The number of allylic oxidation sites excluding steroid dienone is 14. The maximum atomic E-state index is 12.2. The van der Waals surface area contributed by atoms with Crippen molar-refractivity contribution in [2.45, 2.75) is 193 Å². The quantitative estimate of drug-likeness (QED) is 0.0388. The second-order valence-electron chi connectivity index (χ2n) is 14.0. The first-order valence-corrected chi connectivity index (χ1v) is 21.6. The summed E-state index contributed by atoms with van der Waals surface area (Å²) >= 11 is 0. The highest BCUT2D eigenvalue weighted by Gasteiger charge is 2.16. The average molecular weight is 737 g/mol. The predicted molar refractivity (Wildman–Crippen MR) is 228 cm³/mol. The third-order valence-corrected chi connectivity index (χ3v) is 8.95. The van der Waals surface area contributed by atoms with E-state index in [4.69, 9.17) is 9.47 Å². The van der Waals surface area contributed by atoms with Gasteiger partial charge in [-0.05, 0) is 64.2 Å². The number of esters is 2. The van der Waals surface area contributed by atoms with Gasteiger partial charge in [-0.25, -0.2) is 0 Å². The van der Waals surface area contributed by atoms with Gasteiger partial charge >= 0.3 is 11.9 Å². The third-order valence-electron chi connectivity index (χ3n) is 8.95. The van der Waals surface area contributed by atoms with Crippen molar-refractivity contribution in [1.82, 2.24) is 0 Å². The van der Waals surface area contributed by atoms with Crippen LogP contribution in [0, 0.1) is 0 Å². The number of rotatable bonds is 38. The molecule has 0 spiro atoms. The Hall–Kier alpha value is -2.92. The molecule has 1 N–H and O–H groups in total. The summed E-state index contributed by atoms with van der Waals surface area (Å²) in [5.41, 5.74) is 0. The summed E-state index contributed by atoms with van der Waals surface area (Å²) in [6, 6.07) is 0. The molecule has 0 aliphatic rings. The molecule has 0 fully saturated rings. The average Bonchev–Trinajstić information content (AvgIpc) is 3.16. The van der Waals surface area contributed by atoms with E-state index in [-0.39, 0.29) is 31.6 Å². The Kier molecular flexibility index (Phi) is 41.1. The maximum Gasteiger partial charge on any atom is 0.306 e. The third kappa shape index (κ3) is 41.7. The molecule has 1 atom stereocenters. The predicted octanol–water partition coefficient (Wildman–Crippen LogP) is 13.9. The van der Waals surface area contributed by atoms with Gasteiger partial charge in [0.1, 0.15) is 6.61 Å². The van der Waals surface area contributed by atoms with E-state index in [2.05, 4.69) is 98.9 Å². The van der Waals surface area contributed by atoms with Crippen molar-refractivity contribution in [3.63, 3.8) is 0 Å². The Morgan fingerprint density at radius 2 is 0.811 bits per heavy atom. The van der Waals surface area contributed by atoms with Crippen LogP contribution in [0.4, 0.5) is 0 Å². The summed E-state index contributed by atoms with van der Waals surface area (Å²) in [5.74, 6) is -0.662. The van der Waals surface area contributed by atoms with Gasteiger partial charge in [-0.3, -0.25) is 9.59 Å². The zero-order chi connectivity index (χ0) is 38.6. The van der Waals surface area contributed by atoms with Crippen molar-refractivity contribution in [2.75, 3.05) is 13.2 Å². The number of hydrogen-bond acceptors (Lipinski definition) is 5. The van der Waals surface area contributed by atoms with E-state index in [1.807, 2.05) is 0 Å². The van der Waals surface area contributed by atoms with Crippen LogP contribution in [-0.2, 0) is 19.1 Å². The molecule has 0 saturated carbocycles. The fraction of sp³-hybridized carbons (Fsp3) is 0.667. The Labute approximate surface area is 326 Å². The second-order valence-corrected chi connectivity index (χ2v) is 14.0. The zero-order valence-corrected chi connectivity index (χ0v) is 34.2. The topological polar surface area (TPSA) is 72.8 Å². The van der Waals surface area contributed by atoms with Gasteiger partial charge in [0.25, 0.3) is 0 Å². The number of carbonyl (C=O) groups is 2. The molecular formula is C48H80O5. The van der Waals surface area contributed by atoms with Crippen molar-refractivity contribution in [1.29, 1.82) is 0 Å². The summed E-state index contributed by atoms with van der Waals surface area (Å²) in [4.78, 5) is 24.3. The Morgan fingerprint density at radius 3 is 1.21 bits per heavy atom. The molecule has 1 unspecified atom stereocenters. The van der Waals surface area contributed by atoms with Crippen molar-refractivity contribution < 1.29 is 24.2 Å². The fourth-order valence-electron chi connectivity index (χ4n) is 5.72. The van der Waals surface area contributed by atoms with Gasteiger partial charge in [0.05, 0.1) is 6.61 Å². The van der Waals surface area contributed by atoms with E-state index < -0.39 is 6.10 Å². The first-order valence-electron chi connectivity index (χ1n) is 21.6. The van der Waals surface area contributed by atoms with E-state index in [1.165, 1.54) is 83.5 Å². The van der Waals surface area contributed by atoms with Crippen LogP contribution in [-0.4, -0.2) is 36.4 Å². The lowest BCUT2D eigenvalue weighted by Crippen LogP contribution is -2.28. The van der Waals surface area contributed by atoms with Crippen LogP contribution in [0.1, 0.15) is 187 Å². The molecule has 53 heavy (non-hydrogen) atoms. The smallest absolute Gasteiger partial charge is 0.306 e. The Bertz CT molecular complexity index is 1010. The summed E-state index contributed by atoms with van der Waals surface area (Å²) in [6.45, 7) is 3.98. The number of unbranched alkanes of at least 4 members (excludes halogenated alkanes) is 16. The van der Waals surface area contributed by atoms with Gasteiger partial charge < -0.3 is 14.6 Å². The van der Waals surface area contributed by atoms with E-state index in [9.17, 15) is 14.7 Å². The molecule has 0 saturated heterocycles. The van der Waals surface area contributed by atoms with Crippen LogP contribution in [0.15, 0.2) is 85.1 Å². The van der Waals surface area contributed by atoms with Crippen molar-refractivity contribution in [3.8, 4) is 0 Å². The molecule has 0 aliphatic heterocycles. The summed E-state index contributed by atoms with van der Waals surface area (Å²) in [5, 5.41) is 9.57. The van der Waals surface area contributed by atoms with E-state index in [0.717, 1.165) is 70.6 Å². The second kappa shape index (κ2) is 43.5. The SMILES string of the molecule is CC/C=C\C/C=C\C/C=C\C/C=C\C/C=C\C/C=C\C/C=C\CCCC(=O)OC(CO)COC(=O)CCCCCCCCCCCCCCCCCC. The van der Waals surface area contributed by atoms with E-state index in [0.29, 0.717) is 12.8 Å². The molecule has 5 nitrogen and oxygen atoms in total. The lowest BCUT2D eigenvalue weighted by Gasteiger charge is -2.15. The van der Waals surface area contributed by atoms with Gasteiger partial charge in [-0.2, -0.15) is 0 Å². The monoisotopic (exact) mass is 737 g/mol. The highest BCUT2D eigenvalue weighted by atomic mass is 16.6. The molecule has 0 bridgehead atoms. The fourth-order valence-corrected chi connectivity index (χ4v) is 5.72. The van der Waals surface area contributed by atoms with Gasteiger partial charge in [-0.1, -0.05) is 195 Å². The largest absolute Gasteiger partial charge is 0.462 e. The summed E-state index contributed by atoms with van der Waals surface area (Å²) < 4.78 is 10.6. The highest BCUT2D eigenvalue weighted by molar-refractivity contribution is 5.70. The maximum absolute atomic E-state index is 12.2. The molecule has 0 aromatic heterocycles. The highest BCUT2D eigenvalue weighted by Crippen LogP contribution is 2.14. The molecule has 302 valence electrons. The molecule has 5 heteroatoms. The Balaban J connectivity index is 3.69. The first kappa shape index (κ1) is 50.1. The van der Waals surface area contributed by atoms with Crippen molar-refractivity contribution in [2.24, 2.45) is 0 Å².